The van der Waals surface area contributed by atoms with Crippen molar-refractivity contribution in [2.75, 3.05) is 6.61 Å². The number of hydrogen-bond donors (Lipinski definition) is 3. The molecule has 0 aliphatic carbocycles. The minimum Gasteiger partial charge on any atom is -0.394 e. The number of amides is 1. The summed E-state index contributed by atoms with van der Waals surface area (Å²) in [7, 11) is 0. The Morgan fingerprint density at radius 3 is 2.33 bits per heavy atom. The Morgan fingerprint density at radius 1 is 1.33 bits per heavy atom. The smallest absolute Gasteiger partial charge is 0.242 e. The molecule has 0 unspecified atom stereocenters. The highest BCUT2D eigenvalue weighted by Crippen LogP contribution is 2.17. The lowest BCUT2D eigenvalue weighted by atomic mass is 9.93. The first-order valence-electron chi connectivity index (χ1n) is 6.32. The second-order valence-corrected chi connectivity index (χ2v) is 4.52. The monoisotopic (exact) mass is 250 g/mol. The molecule has 18 heavy (non-hydrogen) atoms. The average molecular weight is 250 g/mol. The summed E-state index contributed by atoms with van der Waals surface area (Å²) in [6, 6.07) is 8.52. The third kappa shape index (κ3) is 3.31. The molecule has 0 heterocycles. The molecule has 4 N–H and O–H groups in total. The van der Waals surface area contributed by atoms with E-state index in [2.05, 4.69) is 5.32 Å². The van der Waals surface area contributed by atoms with Gasteiger partial charge in [0.1, 0.15) is 6.04 Å². The van der Waals surface area contributed by atoms with Crippen LogP contribution in [0.3, 0.4) is 0 Å². The third-order valence-corrected chi connectivity index (χ3v) is 3.49. The van der Waals surface area contributed by atoms with E-state index in [-0.39, 0.29) is 12.5 Å². The molecule has 0 aromatic heterocycles. The molecule has 0 aliphatic rings. The van der Waals surface area contributed by atoms with Crippen LogP contribution in [0, 0.1) is 0 Å². The molecule has 100 valence electrons. The fourth-order valence-corrected chi connectivity index (χ4v) is 1.84. The highest BCUT2D eigenvalue weighted by Gasteiger charge is 2.29. The van der Waals surface area contributed by atoms with Crippen LogP contribution >= 0.6 is 0 Å². The Morgan fingerprint density at radius 2 is 1.89 bits per heavy atom. The number of aliphatic hydroxyl groups is 1. The predicted molar refractivity (Wildman–Crippen MR) is 71.9 cm³/mol. The van der Waals surface area contributed by atoms with Crippen molar-refractivity contribution in [1.29, 1.82) is 0 Å². The van der Waals surface area contributed by atoms with Gasteiger partial charge in [-0.3, -0.25) is 4.79 Å². The van der Waals surface area contributed by atoms with E-state index >= 15 is 0 Å². The van der Waals surface area contributed by atoms with Gasteiger partial charge in [0.05, 0.1) is 12.1 Å². The zero-order valence-corrected chi connectivity index (χ0v) is 11.0. The maximum atomic E-state index is 12.1. The number of benzene rings is 1. The van der Waals surface area contributed by atoms with Crippen LogP contribution in [0.25, 0.3) is 0 Å². The Hall–Kier alpha value is -1.39. The Balaban J connectivity index is 2.76. The molecule has 0 radical (unpaired) electrons. The molecule has 0 spiro atoms. The van der Waals surface area contributed by atoms with E-state index in [9.17, 15) is 9.90 Å². The molecular formula is C14H22N2O2. The molecule has 0 saturated carbocycles. The summed E-state index contributed by atoms with van der Waals surface area (Å²) in [5, 5.41) is 12.3. The lowest BCUT2D eigenvalue weighted by molar-refractivity contribution is -0.125. The molecular weight excluding hydrogens is 228 g/mol. The summed E-state index contributed by atoms with van der Waals surface area (Å²) in [5.74, 6) is -0.251. The zero-order valence-electron chi connectivity index (χ0n) is 11.0. The van der Waals surface area contributed by atoms with Gasteiger partial charge in [0, 0.05) is 0 Å². The largest absolute Gasteiger partial charge is 0.394 e. The fourth-order valence-electron chi connectivity index (χ4n) is 1.84. The van der Waals surface area contributed by atoms with Crippen molar-refractivity contribution in [3.05, 3.63) is 35.9 Å². The van der Waals surface area contributed by atoms with Crippen LogP contribution in [-0.4, -0.2) is 23.2 Å². The summed E-state index contributed by atoms with van der Waals surface area (Å²) in [6.07, 6.45) is 1.35. The normalized spacial score (nSPS) is 13.1. The van der Waals surface area contributed by atoms with E-state index in [4.69, 9.17) is 5.73 Å². The summed E-state index contributed by atoms with van der Waals surface area (Å²) >= 11 is 0. The molecule has 0 bridgehead atoms. The van der Waals surface area contributed by atoms with Crippen molar-refractivity contribution in [2.45, 2.75) is 38.3 Å². The van der Waals surface area contributed by atoms with Gasteiger partial charge in [-0.25, -0.2) is 0 Å². The number of rotatable bonds is 6. The van der Waals surface area contributed by atoms with Crippen LogP contribution in [-0.2, 0) is 4.79 Å². The van der Waals surface area contributed by atoms with Gasteiger partial charge in [-0.1, -0.05) is 44.2 Å². The van der Waals surface area contributed by atoms with Gasteiger partial charge in [0.15, 0.2) is 0 Å². The van der Waals surface area contributed by atoms with Gasteiger partial charge in [-0.05, 0) is 18.4 Å². The number of carbonyl (C=O) groups excluding carboxylic acids is 1. The number of carbonyl (C=O) groups is 1. The van der Waals surface area contributed by atoms with Crippen LogP contribution in [0.15, 0.2) is 30.3 Å². The maximum absolute atomic E-state index is 12.1. The second kappa shape index (κ2) is 6.52. The number of nitrogens with one attached hydrogen (secondary N) is 1. The molecule has 0 saturated heterocycles. The van der Waals surface area contributed by atoms with Crippen LogP contribution in [0.2, 0.25) is 0 Å². The molecule has 4 nitrogen and oxygen atoms in total. The minimum absolute atomic E-state index is 0.0761. The highest BCUT2D eigenvalue weighted by atomic mass is 16.3. The molecule has 0 fully saturated rings. The van der Waals surface area contributed by atoms with Crippen molar-refractivity contribution in [2.24, 2.45) is 5.73 Å². The number of hydrogen-bond acceptors (Lipinski definition) is 3. The van der Waals surface area contributed by atoms with Gasteiger partial charge in [0.2, 0.25) is 5.91 Å². The van der Waals surface area contributed by atoms with Crippen LogP contribution in [0.1, 0.15) is 38.3 Å². The standard InChI is InChI=1S/C14H22N2O2/c1-3-14(4-2,10-17)16-13(18)12(15)11-8-6-5-7-9-11/h5-9,12,17H,3-4,10,15H2,1-2H3,(H,16,18)/t12-/m1/s1. The third-order valence-electron chi connectivity index (χ3n) is 3.49. The fraction of sp³-hybridized carbons (Fsp3) is 0.500. The highest BCUT2D eigenvalue weighted by molar-refractivity contribution is 5.83. The molecule has 4 heteroatoms. The van der Waals surface area contributed by atoms with Gasteiger partial charge in [0.25, 0.3) is 0 Å². The second-order valence-electron chi connectivity index (χ2n) is 4.52. The summed E-state index contributed by atoms with van der Waals surface area (Å²) in [4.78, 5) is 12.1. The summed E-state index contributed by atoms with van der Waals surface area (Å²) in [5.41, 5.74) is 6.12. The average Bonchev–Trinajstić information content (AvgIpc) is 2.45. The van der Waals surface area contributed by atoms with E-state index in [1.54, 1.807) is 0 Å². The van der Waals surface area contributed by atoms with Gasteiger partial charge >= 0.3 is 0 Å². The first-order valence-corrected chi connectivity index (χ1v) is 6.32. The first-order chi connectivity index (χ1) is 8.58. The predicted octanol–water partition coefficient (Wildman–Crippen LogP) is 1.35. The van der Waals surface area contributed by atoms with E-state index in [1.165, 1.54) is 0 Å². The summed E-state index contributed by atoms with van der Waals surface area (Å²) in [6.45, 7) is 3.80. The topological polar surface area (TPSA) is 75.3 Å². The molecule has 0 aliphatic heterocycles. The maximum Gasteiger partial charge on any atom is 0.242 e. The molecule has 1 atom stereocenters. The summed E-state index contributed by atoms with van der Waals surface area (Å²) < 4.78 is 0. The molecule has 1 rings (SSSR count). The van der Waals surface area contributed by atoms with Gasteiger partial charge in [-0.2, -0.15) is 0 Å². The zero-order chi connectivity index (χ0) is 13.6. The van der Waals surface area contributed by atoms with Crippen LogP contribution in [0.5, 0.6) is 0 Å². The van der Waals surface area contributed by atoms with Gasteiger partial charge < -0.3 is 16.2 Å². The van der Waals surface area contributed by atoms with E-state index < -0.39 is 11.6 Å². The van der Waals surface area contributed by atoms with Gasteiger partial charge in [-0.15, -0.1) is 0 Å². The SMILES string of the molecule is CCC(CC)(CO)NC(=O)[C@H](N)c1ccccc1. The van der Waals surface area contributed by atoms with E-state index in [0.29, 0.717) is 12.8 Å². The Labute approximate surface area is 108 Å². The van der Waals surface area contributed by atoms with Crippen molar-refractivity contribution in [3.8, 4) is 0 Å². The number of nitrogens with two attached hydrogens (primary N) is 1. The van der Waals surface area contributed by atoms with Crippen molar-refractivity contribution in [3.63, 3.8) is 0 Å². The Bertz CT molecular complexity index is 366. The minimum atomic E-state index is -0.699. The van der Waals surface area contributed by atoms with Crippen molar-refractivity contribution >= 4 is 5.91 Å². The molecule has 1 amide bonds. The lowest BCUT2D eigenvalue weighted by Gasteiger charge is -2.32. The Kier molecular flexibility index (Phi) is 5.31. The molecule has 1 aromatic rings. The van der Waals surface area contributed by atoms with Crippen molar-refractivity contribution < 1.29 is 9.90 Å². The van der Waals surface area contributed by atoms with Crippen molar-refractivity contribution in [1.82, 2.24) is 5.32 Å². The van der Waals surface area contributed by atoms with E-state index in [1.807, 2.05) is 44.2 Å². The van der Waals surface area contributed by atoms with E-state index in [0.717, 1.165) is 5.56 Å². The quantitative estimate of drug-likeness (QED) is 0.713. The first kappa shape index (κ1) is 14.7. The molecule has 1 aromatic carbocycles. The number of aliphatic hydroxyl groups excluding tert-OH is 1. The van der Waals surface area contributed by atoms with Crippen LogP contribution < -0.4 is 11.1 Å². The van der Waals surface area contributed by atoms with Crippen LogP contribution in [0.4, 0.5) is 0 Å². The lowest BCUT2D eigenvalue weighted by Crippen LogP contribution is -2.53.